The molecule has 0 aromatic rings. The van der Waals surface area contributed by atoms with Crippen LogP contribution in [0.1, 0.15) is 19.8 Å². The molecule has 1 fully saturated rings. The zero-order chi connectivity index (χ0) is 12.8. The molecule has 1 atom stereocenters. The fourth-order valence-corrected chi connectivity index (χ4v) is 1.63. The Hall–Kier alpha value is -0.810. The predicted molar refractivity (Wildman–Crippen MR) is 71.7 cm³/mol. The molecule has 0 aromatic carbocycles. The molecule has 1 N–H and O–H groups in total. The van der Waals surface area contributed by atoms with Crippen LogP contribution in [0, 0.1) is 11.8 Å². The highest BCUT2D eigenvalue weighted by Crippen LogP contribution is 2.27. The van der Waals surface area contributed by atoms with Gasteiger partial charge in [0.1, 0.15) is 0 Å². The first-order valence-electron chi connectivity index (χ1n) is 6.07. The first-order valence-corrected chi connectivity index (χ1v) is 6.07. The number of rotatable bonds is 7. The average Bonchev–Trinajstić information content (AvgIpc) is 3.11. The van der Waals surface area contributed by atoms with Gasteiger partial charge in [-0.2, -0.15) is 0 Å². The molecule has 1 saturated carbocycles. The maximum atomic E-state index is 11.7. The summed E-state index contributed by atoms with van der Waals surface area (Å²) < 4.78 is 4.62. The number of nitrogens with one attached hydrogen (secondary N) is 1. The second kappa shape index (κ2) is 8.32. The fourth-order valence-electron chi connectivity index (χ4n) is 1.63. The molecule has 0 bridgehead atoms. The van der Waals surface area contributed by atoms with Crippen LogP contribution in [0.15, 0.2) is 0 Å². The second-order valence-corrected chi connectivity index (χ2v) is 4.77. The molecule has 0 spiro atoms. The third-order valence-corrected chi connectivity index (χ3v) is 2.98. The highest BCUT2D eigenvalue weighted by atomic mass is 35.5. The minimum absolute atomic E-state index is 0. The number of hydrogen-bond donors (Lipinski definition) is 1. The van der Waals surface area contributed by atoms with Crippen molar-refractivity contribution >= 4 is 24.3 Å². The van der Waals surface area contributed by atoms with Crippen molar-refractivity contribution in [2.75, 3.05) is 33.8 Å². The van der Waals surface area contributed by atoms with E-state index in [9.17, 15) is 9.59 Å². The number of halogens is 1. The fraction of sp³-hybridized carbons (Fsp3) is 0.833. The van der Waals surface area contributed by atoms with E-state index in [0.717, 1.165) is 12.5 Å². The van der Waals surface area contributed by atoms with Gasteiger partial charge in [-0.3, -0.25) is 9.59 Å². The molecule has 106 valence electrons. The zero-order valence-electron chi connectivity index (χ0n) is 11.3. The van der Waals surface area contributed by atoms with E-state index in [0.29, 0.717) is 13.1 Å². The van der Waals surface area contributed by atoms with E-state index < -0.39 is 0 Å². The third kappa shape index (κ3) is 6.21. The summed E-state index contributed by atoms with van der Waals surface area (Å²) in [4.78, 5) is 24.5. The molecular weight excluding hydrogens is 256 g/mol. The SMILES string of the molecule is COC(=O)C(C)CN(C)C(=O)CNCC1CC1.Cl. The van der Waals surface area contributed by atoms with E-state index in [1.54, 1.807) is 18.9 Å². The Morgan fingerprint density at radius 3 is 2.56 bits per heavy atom. The molecule has 1 aliphatic carbocycles. The van der Waals surface area contributed by atoms with E-state index in [1.165, 1.54) is 20.0 Å². The van der Waals surface area contributed by atoms with Gasteiger partial charge in [-0.25, -0.2) is 0 Å². The van der Waals surface area contributed by atoms with E-state index in [1.807, 2.05) is 0 Å². The summed E-state index contributed by atoms with van der Waals surface area (Å²) in [6.45, 7) is 3.43. The molecule has 1 rings (SSSR count). The number of ether oxygens (including phenoxy) is 1. The summed E-state index contributed by atoms with van der Waals surface area (Å²) in [6, 6.07) is 0. The smallest absolute Gasteiger partial charge is 0.310 e. The average molecular weight is 279 g/mol. The molecule has 0 aliphatic heterocycles. The number of nitrogens with zero attached hydrogens (tertiary/aromatic N) is 1. The van der Waals surface area contributed by atoms with Gasteiger partial charge in [-0.15, -0.1) is 12.4 Å². The van der Waals surface area contributed by atoms with Crippen molar-refractivity contribution in [3.63, 3.8) is 0 Å². The lowest BCUT2D eigenvalue weighted by Gasteiger charge is -2.20. The lowest BCUT2D eigenvalue weighted by Crippen LogP contribution is -2.39. The monoisotopic (exact) mass is 278 g/mol. The van der Waals surface area contributed by atoms with Gasteiger partial charge in [0.2, 0.25) is 5.91 Å². The second-order valence-electron chi connectivity index (χ2n) is 4.77. The summed E-state index contributed by atoms with van der Waals surface area (Å²) in [6.07, 6.45) is 2.55. The van der Waals surface area contributed by atoms with Crippen LogP contribution in [0.4, 0.5) is 0 Å². The highest BCUT2D eigenvalue weighted by Gasteiger charge is 2.22. The van der Waals surface area contributed by atoms with E-state index in [2.05, 4.69) is 10.1 Å². The lowest BCUT2D eigenvalue weighted by atomic mass is 10.2. The molecular formula is C12H23ClN2O3. The largest absolute Gasteiger partial charge is 0.469 e. The van der Waals surface area contributed by atoms with Crippen molar-refractivity contribution < 1.29 is 14.3 Å². The molecule has 0 saturated heterocycles. The van der Waals surface area contributed by atoms with Gasteiger partial charge in [-0.05, 0) is 25.3 Å². The number of esters is 1. The van der Waals surface area contributed by atoms with Gasteiger partial charge in [0.15, 0.2) is 0 Å². The van der Waals surface area contributed by atoms with Crippen LogP contribution in [0.5, 0.6) is 0 Å². The van der Waals surface area contributed by atoms with Crippen LogP contribution in [0.25, 0.3) is 0 Å². The Morgan fingerprint density at radius 2 is 2.06 bits per heavy atom. The Labute approximate surface area is 115 Å². The van der Waals surface area contributed by atoms with E-state index in [-0.39, 0.29) is 30.2 Å². The van der Waals surface area contributed by atoms with Gasteiger partial charge in [0.05, 0.1) is 19.6 Å². The van der Waals surface area contributed by atoms with Crippen molar-refractivity contribution in [1.82, 2.24) is 10.2 Å². The molecule has 1 aliphatic rings. The van der Waals surface area contributed by atoms with Crippen LogP contribution in [-0.4, -0.2) is 50.6 Å². The van der Waals surface area contributed by atoms with Crippen LogP contribution >= 0.6 is 12.4 Å². The quantitative estimate of drug-likeness (QED) is 0.696. The normalized spacial score (nSPS) is 15.5. The van der Waals surface area contributed by atoms with Gasteiger partial charge >= 0.3 is 5.97 Å². The molecule has 5 nitrogen and oxygen atoms in total. The Kier molecular flexibility index (Phi) is 7.95. The Bertz CT molecular complexity index is 282. The maximum Gasteiger partial charge on any atom is 0.310 e. The molecule has 0 radical (unpaired) electrons. The van der Waals surface area contributed by atoms with Crippen LogP contribution in [-0.2, 0) is 14.3 Å². The van der Waals surface area contributed by atoms with Crippen molar-refractivity contribution in [3.05, 3.63) is 0 Å². The van der Waals surface area contributed by atoms with E-state index >= 15 is 0 Å². The topological polar surface area (TPSA) is 58.6 Å². The zero-order valence-corrected chi connectivity index (χ0v) is 12.1. The number of methoxy groups -OCH3 is 1. The molecule has 1 amide bonds. The molecule has 1 unspecified atom stereocenters. The van der Waals surface area contributed by atoms with Crippen molar-refractivity contribution in [2.24, 2.45) is 11.8 Å². The van der Waals surface area contributed by atoms with Crippen LogP contribution < -0.4 is 5.32 Å². The number of carbonyl (C=O) groups is 2. The first-order chi connectivity index (χ1) is 8.04. The minimum atomic E-state index is -0.282. The minimum Gasteiger partial charge on any atom is -0.469 e. The molecule has 18 heavy (non-hydrogen) atoms. The number of hydrogen-bond acceptors (Lipinski definition) is 4. The number of carbonyl (C=O) groups excluding carboxylic acids is 2. The Morgan fingerprint density at radius 1 is 1.44 bits per heavy atom. The van der Waals surface area contributed by atoms with Gasteiger partial charge < -0.3 is 15.0 Å². The first kappa shape index (κ1) is 17.2. The molecule has 0 aromatic heterocycles. The third-order valence-electron chi connectivity index (χ3n) is 2.98. The summed E-state index contributed by atoms with van der Waals surface area (Å²) in [7, 11) is 3.07. The summed E-state index contributed by atoms with van der Waals surface area (Å²) >= 11 is 0. The molecule has 0 heterocycles. The number of amides is 1. The summed E-state index contributed by atoms with van der Waals surface area (Å²) in [5, 5.41) is 3.14. The van der Waals surface area contributed by atoms with Crippen LogP contribution in [0.3, 0.4) is 0 Å². The van der Waals surface area contributed by atoms with Gasteiger partial charge in [-0.1, -0.05) is 6.92 Å². The number of likely N-dealkylation sites (N-methyl/N-ethyl adjacent to an activating group) is 1. The van der Waals surface area contributed by atoms with Crippen molar-refractivity contribution in [1.29, 1.82) is 0 Å². The molecule has 6 heteroatoms. The summed E-state index contributed by atoms with van der Waals surface area (Å²) in [5.41, 5.74) is 0. The van der Waals surface area contributed by atoms with Crippen molar-refractivity contribution in [2.45, 2.75) is 19.8 Å². The maximum absolute atomic E-state index is 11.7. The summed E-state index contributed by atoms with van der Waals surface area (Å²) in [5.74, 6) is 0.219. The van der Waals surface area contributed by atoms with Gasteiger partial charge in [0, 0.05) is 13.6 Å². The predicted octanol–water partition coefficient (Wildman–Crippen LogP) is 0.675. The van der Waals surface area contributed by atoms with Crippen LogP contribution in [0.2, 0.25) is 0 Å². The van der Waals surface area contributed by atoms with E-state index in [4.69, 9.17) is 0 Å². The lowest BCUT2D eigenvalue weighted by molar-refractivity contribution is -0.146. The Balaban J connectivity index is 0.00000289. The van der Waals surface area contributed by atoms with Crippen molar-refractivity contribution in [3.8, 4) is 0 Å². The standard InChI is InChI=1S/C12H22N2O3.ClH/c1-9(12(16)17-3)8-14(2)11(15)7-13-6-10-4-5-10;/h9-10,13H,4-8H2,1-3H3;1H. The highest BCUT2D eigenvalue weighted by molar-refractivity contribution is 5.85. The van der Waals surface area contributed by atoms with Gasteiger partial charge in [0.25, 0.3) is 0 Å².